The van der Waals surface area contributed by atoms with Crippen molar-refractivity contribution in [1.82, 2.24) is 0 Å². The Balaban J connectivity index is 0.000000189. The summed E-state index contributed by atoms with van der Waals surface area (Å²) in [5.74, 6) is 0.0278. The van der Waals surface area contributed by atoms with E-state index in [0.29, 0.717) is 0 Å². The van der Waals surface area contributed by atoms with E-state index in [4.69, 9.17) is 4.52 Å². The second-order valence-corrected chi connectivity index (χ2v) is 23.6. The SMILES string of the molecule is C1CCC([PH+](C2CCCCC2)C2CCCCC2)CC1.CC(=O)O[P+](C1CCCCC1)(C1CCCCC1)C1CCCCC1.F[B-](F)(F)F. The summed E-state index contributed by atoms with van der Waals surface area (Å²) in [5.41, 5.74) is 5.91. The zero-order chi connectivity index (χ0) is 33.5. The van der Waals surface area contributed by atoms with E-state index in [1.807, 2.05) is 0 Å². The maximum absolute atomic E-state index is 12.2. The summed E-state index contributed by atoms with van der Waals surface area (Å²) >= 11 is 0. The normalized spacial score (nSPS) is 25.7. The van der Waals surface area contributed by atoms with Crippen LogP contribution in [-0.2, 0) is 9.32 Å². The van der Waals surface area contributed by atoms with Gasteiger partial charge in [0, 0.05) is 14.8 Å². The van der Waals surface area contributed by atoms with Crippen LogP contribution in [-0.4, -0.2) is 47.2 Å². The monoisotopic (exact) mass is 707 g/mol. The van der Waals surface area contributed by atoms with Crippen LogP contribution in [0, 0.1) is 0 Å². The highest BCUT2D eigenvalue weighted by Crippen LogP contribution is 2.78. The molecule has 6 aliphatic carbocycles. The Morgan fingerprint density at radius 2 is 0.681 bits per heavy atom. The summed E-state index contributed by atoms with van der Waals surface area (Å²) in [6.07, 6.45) is 44.2. The first-order valence-electron chi connectivity index (χ1n) is 20.5. The molecule has 0 saturated heterocycles. The smallest absolute Gasteiger partial charge is 0.418 e. The molecule has 0 aromatic heterocycles. The van der Waals surface area contributed by atoms with E-state index in [0.717, 1.165) is 17.0 Å². The summed E-state index contributed by atoms with van der Waals surface area (Å²) in [5, 5.41) is 0. The standard InChI is InChI=1S/C20H36O2P.C18H33P.BF4/c1-17(21)22-23(18-11-5-2-6-12-18,19-13-7-3-8-14-19)20-15-9-4-10-16-20;1-4-10-16(11-5-1)19(17-12-6-2-7-13-17)18-14-8-3-9-15-18;2-1(3,4)5/h18-20H,2-16H2,1H3;16-18H,1-15H2;/q+1;;-1/p+1. The second kappa shape index (κ2) is 20.8. The number of hydrogen-bond donors (Lipinski definition) is 0. The van der Waals surface area contributed by atoms with Gasteiger partial charge in [-0.05, 0) is 154 Å². The van der Waals surface area contributed by atoms with Crippen LogP contribution in [0.15, 0.2) is 0 Å². The Hall–Kier alpha value is 0.115. The van der Waals surface area contributed by atoms with Crippen molar-refractivity contribution in [3.63, 3.8) is 0 Å². The molecule has 274 valence electrons. The van der Waals surface area contributed by atoms with Gasteiger partial charge in [0.1, 0.15) is 17.0 Å². The van der Waals surface area contributed by atoms with Gasteiger partial charge in [0.2, 0.25) is 7.49 Å². The fraction of sp³-hybridized carbons (Fsp3) is 0.974. The molecular formula is C38H70BF4O2P2+. The van der Waals surface area contributed by atoms with Gasteiger partial charge in [-0.3, -0.25) is 0 Å². The number of halogens is 4. The first-order chi connectivity index (χ1) is 22.7. The minimum atomic E-state index is -6.00. The van der Waals surface area contributed by atoms with E-state index in [9.17, 15) is 22.1 Å². The van der Waals surface area contributed by atoms with E-state index < -0.39 is 14.7 Å². The minimum absolute atomic E-state index is 0.0278. The molecule has 6 aliphatic rings. The summed E-state index contributed by atoms with van der Waals surface area (Å²) < 4.78 is 45.5. The van der Waals surface area contributed by atoms with Crippen LogP contribution in [0.2, 0.25) is 0 Å². The van der Waals surface area contributed by atoms with E-state index >= 15 is 0 Å². The molecule has 0 aromatic carbocycles. The lowest BCUT2D eigenvalue weighted by Crippen LogP contribution is -2.38. The van der Waals surface area contributed by atoms with Gasteiger partial charge in [0.05, 0.1) is 17.0 Å². The first kappa shape index (κ1) is 39.9. The second-order valence-electron chi connectivity index (χ2n) is 16.2. The van der Waals surface area contributed by atoms with E-state index in [1.165, 1.54) is 113 Å². The molecule has 0 atom stereocenters. The molecule has 6 saturated carbocycles. The lowest BCUT2D eigenvalue weighted by molar-refractivity contribution is -0.131. The fourth-order valence-corrected chi connectivity index (χ4v) is 22.5. The van der Waals surface area contributed by atoms with Crippen molar-refractivity contribution in [2.24, 2.45) is 0 Å². The summed E-state index contributed by atoms with van der Waals surface area (Å²) in [6.45, 7) is 1.68. The Bertz CT molecular complexity index is 762. The number of carbonyl (C=O) groups is 1. The third-order valence-electron chi connectivity index (χ3n) is 13.0. The number of hydrogen-bond acceptors (Lipinski definition) is 2. The van der Waals surface area contributed by atoms with Gasteiger partial charge in [0.25, 0.3) is 0 Å². The topological polar surface area (TPSA) is 26.3 Å². The van der Waals surface area contributed by atoms with Gasteiger partial charge in [-0.2, -0.15) is 0 Å². The first-order valence-corrected chi connectivity index (χ1v) is 24.1. The molecule has 6 rings (SSSR count). The van der Waals surface area contributed by atoms with E-state index in [1.54, 1.807) is 103 Å². The van der Waals surface area contributed by atoms with E-state index in [-0.39, 0.29) is 13.9 Å². The molecule has 0 unspecified atom stereocenters. The third kappa shape index (κ3) is 13.0. The number of rotatable bonds is 7. The highest BCUT2D eigenvalue weighted by atomic mass is 31.2. The van der Waals surface area contributed by atoms with Gasteiger partial charge in [-0.1, -0.05) is 38.5 Å². The maximum atomic E-state index is 12.2. The zero-order valence-corrected chi connectivity index (χ0v) is 31.9. The Kier molecular flexibility index (Phi) is 17.7. The van der Waals surface area contributed by atoms with Crippen molar-refractivity contribution in [3.8, 4) is 0 Å². The van der Waals surface area contributed by atoms with Gasteiger partial charge >= 0.3 is 13.2 Å². The fourth-order valence-electron chi connectivity index (χ4n) is 11.1. The number of carbonyl (C=O) groups excluding carboxylic acids is 1. The molecule has 0 bridgehead atoms. The summed E-state index contributed by atoms with van der Waals surface area (Å²) in [6, 6.07) is 0. The summed E-state index contributed by atoms with van der Waals surface area (Å²) in [4.78, 5) is 12.2. The molecule has 2 nitrogen and oxygen atoms in total. The molecule has 0 radical (unpaired) electrons. The molecule has 0 spiro atoms. The predicted octanol–water partition coefficient (Wildman–Crippen LogP) is 14.0. The van der Waals surface area contributed by atoms with Gasteiger partial charge in [0.15, 0.2) is 0 Å². The molecule has 0 aliphatic heterocycles. The van der Waals surface area contributed by atoms with Crippen LogP contribution in [0.25, 0.3) is 0 Å². The van der Waals surface area contributed by atoms with Crippen molar-refractivity contribution in [2.75, 3.05) is 0 Å². The third-order valence-corrected chi connectivity index (χ3v) is 23.1. The van der Waals surface area contributed by atoms with Crippen molar-refractivity contribution in [2.45, 2.75) is 234 Å². The highest BCUT2D eigenvalue weighted by Gasteiger charge is 2.61. The van der Waals surface area contributed by atoms with Crippen LogP contribution in [0.4, 0.5) is 17.3 Å². The van der Waals surface area contributed by atoms with Crippen molar-refractivity contribution in [3.05, 3.63) is 0 Å². The molecule has 9 heteroatoms. The van der Waals surface area contributed by atoms with Crippen molar-refractivity contribution < 1.29 is 26.6 Å². The Morgan fingerprint density at radius 3 is 0.894 bits per heavy atom. The maximum Gasteiger partial charge on any atom is 0.673 e. The van der Waals surface area contributed by atoms with Gasteiger partial charge in [-0.25, -0.2) is 4.79 Å². The molecule has 0 N–H and O–H groups in total. The molecule has 0 heterocycles. The highest BCUT2D eigenvalue weighted by molar-refractivity contribution is 7.73. The van der Waals surface area contributed by atoms with Gasteiger partial charge < -0.3 is 21.8 Å². The van der Waals surface area contributed by atoms with Crippen molar-refractivity contribution in [1.29, 1.82) is 0 Å². The average Bonchev–Trinajstić information content (AvgIpc) is 3.09. The molecule has 0 amide bonds. The lowest BCUT2D eigenvalue weighted by atomic mass is 9.99. The van der Waals surface area contributed by atoms with Crippen LogP contribution in [0.5, 0.6) is 0 Å². The van der Waals surface area contributed by atoms with E-state index in [2.05, 4.69) is 0 Å². The lowest BCUT2D eigenvalue weighted by Gasteiger charge is -2.45. The Morgan fingerprint density at radius 1 is 0.468 bits per heavy atom. The largest absolute Gasteiger partial charge is 0.673 e. The summed E-state index contributed by atoms with van der Waals surface area (Å²) in [7, 11) is -7.67. The van der Waals surface area contributed by atoms with Crippen LogP contribution < -0.4 is 0 Å². The predicted molar refractivity (Wildman–Crippen MR) is 198 cm³/mol. The quantitative estimate of drug-likeness (QED) is 0.150. The molecule has 0 aromatic rings. The van der Waals surface area contributed by atoms with Crippen LogP contribution in [0.1, 0.15) is 200 Å². The van der Waals surface area contributed by atoms with Crippen LogP contribution in [0.3, 0.4) is 0 Å². The minimum Gasteiger partial charge on any atom is -0.418 e. The molecular weight excluding hydrogens is 637 g/mol. The van der Waals surface area contributed by atoms with Crippen molar-refractivity contribution >= 4 is 28.6 Å². The average molecular weight is 708 g/mol. The molecule has 47 heavy (non-hydrogen) atoms. The van der Waals surface area contributed by atoms with Gasteiger partial charge in [-0.15, -0.1) is 0 Å². The molecule has 6 fully saturated rings. The Labute approximate surface area is 288 Å². The zero-order valence-electron chi connectivity index (χ0n) is 30.0. The van der Waals surface area contributed by atoms with Crippen LogP contribution >= 0.6 is 15.4 Å².